The smallest absolute Gasteiger partial charge is 0.329 e. The zero-order valence-corrected chi connectivity index (χ0v) is 13.9. The number of hydrogen-bond acceptors (Lipinski definition) is 4. The van der Waals surface area contributed by atoms with E-state index in [1.54, 1.807) is 0 Å². The molecule has 1 amide bonds. The second kappa shape index (κ2) is 5.94. The summed E-state index contributed by atoms with van der Waals surface area (Å²) in [5.74, 6) is -1.37. The Morgan fingerprint density at radius 3 is 2.10 bits per heavy atom. The third-order valence-corrected chi connectivity index (χ3v) is 6.81. The van der Waals surface area contributed by atoms with Crippen LogP contribution in [0.15, 0.2) is 0 Å². The number of carbonyl (C=O) groups is 2. The maximum absolute atomic E-state index is 12.3. The lowest BCUT2D eigenvalue weighted by Gasteiger charge is -2.39. The first kappa shape index (κ1) is 17.9. The fourth-order valence-electron chi connectivity index (χ4n) is 2.51. The molecule has 0 bridgehead atoms. The Morgan fingerprint density at radius 1 is 1.29 bits per heavy atom. The van der Waals surface area contributed by atoms with Crippen molar-refractivity contribution in [2.45, 2.75) is 63.2 Å². The van der Waals surface area contributed by atoms with Crippen molar-refractivity contribution in [1.29, 1.82) is 0 Å². The summed E-state index contributed by atoms with van der Waals surface area (Å²) in [5, 5.41) is 12.0. The summed E-state index contributed by atoms with van der Waals surface area (Å²) in [6, 6.07) is 0. The average molecular weight is 319 g/mol. The van der Waals surface area contributed by atoms with Crippen LogP contribution < -0.4 is 5.32 Å². The number of rotatable bonds is 5. The molecule has 0 spiro atoms. The summed E-state index contributed by atoms with van der Waals surface area (Å²) in [7, 11) is -3.63. The van der Waals surface area contributed by atoms with E-state index in [2.05, 4.69) is 12.2 Å². The van der Waals surface area contributed by atoms with E-state index in [9.17, 15) is 23.1 Å². The number of carboxylic acid groups (broad SMARTS) is 1. The normalized spacial score (nSPS) is 27.1. The van der Waals surface area contributed by atoms with Gasteiger partial charge in [-0.3, -0.25) is 4.79 Å². The first-order valence-corrected chi connectivity index (χ1v) is 9.11. The van der Waals surface area contributed by atoms with Gasteiger partial charge in [0, 0.05) is 6.26 Å². The molecule has 7 heteroatoms. The van der Waals surface area contributed by atoms with Gasteiger partial charge in [-0.15, -0.1) is 0 Å². The highest BCUT2D eigenvalue weighted by Gasteiger charge is 2.47. The van der Waals surface area contributed by atoms with E-state index in [1.807, 2.05) is 0 Å². The van der Waals surface area contributed by atoms with Crippen LogP contribution >= 0.6 is 0 Å². The number of sulfone groups is 1. The zero-order valence-electron chi connectivity index (χ0n) is 13.1. The Morgan fingerprint density at radius 2 is 1.76 bits per heavy atom. The second-order valence-electron chi connectivity index (χ2n) is 6.48. The number of carbonyl (C=O) groups excluding carboxylic acids is 1. The summed E-state index contributed by atoms with van der Waals surface area (Å²) >= 11 is 0. The molecular weight excluding hydrogens is 294 g/mol. The first-order chi connectivity index (χ1) is 9.46. The van der Waals surface area contributed by atoms with Gasteiger partial charge in [-0.05, 0) is 45.4 Å². The van der Waals surface area contributed by atoms with E-state index in [-0.39, 0.29) is 0 Å². The van der Waals surface area contributed by atoms with Crippen molar-refractivity contribution in [3.8, 4) is 0 Å². The Labute approximate surface area is 126 Å². The molecule has 1 aliphatic carbocycles. The minimum Gasteiger partial charge on any atom is -0.480 e. The Hall–Kier alpha value is -1.11. The number of hydrogen-bond donors (Lipinski definition) is 2. The van der Waals surface area contributed by atoms with Crippen LogP contribution in [-0.4, -0.2) is 41.9 Å². The van der Waals surface area contributed by atoms with E-state index in [1.165, 1.54) is 13.8 Å². The van der Waals surface area contributed by atoms with Gasteiger partial charge in [0.05, 0.1) is 0 Å². The van der Waals surface area contributed by atoms with Crippen LogP contribution in [0, 0.1) is 5.92 Å². The molecule has 21 heavy (non-hydrogen) atoms. The van der Waals surface area contributed by atoms with Gasteiger partial charge in [-0.2, -0.15) is 0 Å². The van der Waals surface area contributed by atoms with Gasteiger partial charge in [-0.25, -0.2) is 13.2 Å². The van der Waals surface area contributed by atoms with Crippen molar-refractivity contribution < 1.29 is 23.1 Å². The monoisotopic (exact) mass is 319 g/mol. The van der Waals surface area contributed by atoms with Crippen molar-refractivity contribution in [1.82, 2.24) is 5.32 Å². The molecule has 0 aromatic rings. The summed E-state index contributed by atoms with van der Waals surface area (Å²) in [5.41, 5.74) is -1.34. The minimum absolute atomic E-state index is 0.340. The van der Waals surface area contributed by atoms with Crippen molar-refractivity contribution in [2.24, 2.45) is 5.92 Å². The first-order valence-electron chi connectivity index (χ1n) is 7.22. The fraction of sp³-hybridized carbons (Fsp3) is 0.857. The largest absolute Gasteiger partial charge is 0.480 e. The standard InChI is InChI=1S/C14H25NO5S/c1-5-10-6-8-14(9-7-10,12(17)18)15-11(16)13(2,3)21(4,19)20/h10H,5-9H2,1-4H3,(H,15,16)(H,17,18). The number of carboxylic acids is 1. The third-order valence-electron chi connectivity index (χ3n) is 4.77. The minimum atomic E-state index is -3.63. The summed E-state index contributed by atoms with van der Waals surface area (Å²) in [6.45, 7) is 4.65. The molecule has 122 valence electrons. The van der Waals surface area contributed by atoms with E-state index in [4.69, 9.17) is 0 Å². The third kappa shape index (κ3) is 3.56. The number of nitrogens with one attached hydrogen (secondary N) is 1. The fourth-order valence-corrected chi connectivity index (χ4v) is 2.89. The summed E-state index contributed by atoms with van der Waals surface area (Å²) in [6.07, 6.45) is 4.09. The summed E-state index contributed by atoms with van der Waals surface area (Å²) < 4.78 is 21.8. The Bertz CT molecular complexity index is 515. The lowest BCUT2D eigenvalue weighted by molar-refractivity contribution is -0.150. The van der Waals surface area contributed by atoms with Crippen LogP contribution in [0.25, 0.3) is 0 Å². The number of amides is 1. The Kier molecular flexibility index (Phi) is 5.08. The van der Waals surface area contributed by atoms with Gasteiger partial charge in [0.1, 0.15) is 10.3 Å². The lowest BCUT2D eigenvalue weighted by Crippen LogP contribution is -2.61. The van der Waals surface area contributed by atoms with Crippen LogP contribution in [0.2, 0.25) is 0 Å². The molecule has 1 saturated carbocycles. The highest BCUT2D eigenvalue weighted by Crippen LogP contribution is 2.34. The predicted molar refractivity (Wildman–Crippen MR) is 79.7 cm³/mol. The maximum atomic E-state index is 12.3. The molecule has 0 atom stereocenters. The van der Waals surface area contributed by atoms with E-state index < -0.39 is 32.0 Å². The second-order valence-corrected chi connectivity index (χ2v) is 9.04. The van der Waals surface area contributed by atoms with Crippen LogP contribution in [-0.2, 0) is 19.4 Å². The molecule has 0 aromatic heterocycles. The Balaban J connectivity index is 2.96. The van der Waals surface area contributed by atoms with Gasteiger partial charge in [0.2, 0.25) is 5.91 Å². The van der Waals surface area contributed by atoms with E-state index in [0.29, 0.717) is 18.8 Å². The van der Waals surface area contributed by atoms with Crippen molar-refractivity contribution in [3.63, 3.8) is 0 Å². The molecule has 0 saturated heterocycles. The molecule has 2 N–H and O–H groups in total. The van der Waals surface area contributed by atoms with E-state index in [0.717, 1.165) is 25.5 Å². The SMILES string of the molecule is CCC1CCC(NC(=O)C(C)(C)S(C)(=O)=O)(C(=O)O)CC1. The van der Waals surface area contributed by atoms with Crippen LogP contribution in [0.5, 0.6) is 0 Å². The highest BCUT2D eigenvalue weighted by molar-refractivity contribution is 7.92. The molecule has 1 aliphatic rings. The maximum Gasteiger partial charge on any atom is 0.329 e. The van der Waals surface area contributed by atoms with Crippen molar-refractivity contribution in [2.75, 3.05) is 6.26 Å². The lowest BCUT2D eigenvalue weighted by atomic mass is 9.75. The van der Waals surface area contributed by atoms with Crippen LogP contribution in [0.1, 0.15) is 52.9 Å². The average Bonchev–Trinajstić information content (AvgIpc) is 2.37. The van der Waals surface area contributed by atoms with Gasteiger partial charge in [0.15, 0.2) is 9.84 Å². The quantitative estimate of drug-likeness (QED) is 0.796. The van der Waals surface area contributed by atoms with Crippen molar-refractivity contribution >= 4 is 21.7 Å². The topological polar surface area (TPSA) is 101 Å². The molecule has 0 aliphatic heterocycles. The molecule has 6 nitrogen and oxygen atoms in total. The van der Waals surface area contributed by atoms with E-state index >= 15 is 0 Å². The molecule has 0 radical (unpaired) electrons. The van der Waals surface area contributed by atoms with Gasteiger partial charge < -0.3 is 10.4 Å². The molecular formula is C14H25NO5S. The molecule has 1 fully saturated rings. The zero-order chi connectivity index (χ0) is 16.5. The van der Waals surface area contributed by atoms with Crippen molar-refractivity contribution in [3.05, 3.63) is 0 Å². The summed E-state index contributed by atoms with van der Waals surface area (Å²) in [4.78, 5) is 23.9. The van der Waals surface area contributed by atoms with Gasteiger partial charge >= 0.3 is 5.97 Å². The number of aliphatic carboxylic acids is 1. The van der Waals surface area contributed by atoms with Crippen LogP contribution in [0.4, 0.5) is 0 Å². The van der Waals surface area contributed by atoms with Crippen LogP contribution in [0.3, 0.4) is 0 Å². The molecule has 0 aromatic carbocycles. The molecule has 0 unspecified atom stereocenters. The predicted octanol–water partition coefficient (Wildman–Crippen LogP) is 1.35. The highest BCUT2D eigenvalue weighted by atomic mass is 32.2. The van der Waals surface area contributed by atoms with Gasteiger partial charge in [0.25, 0.3) is 0 Å². The molecule has 1 rings (SSSR count). The molecule has 0 heterocycles. The van der Waals surface area contributed by atoms with Gasteiger partial charge in [-0.1, -0.05) is 13.3 Å².